The molecule has 0 aliphatic heterocycles. The van der Waals surface area contributed by atoms with Gasteiger partial charge in [0, 0.05) is 13.2 Å². The van der Waals surface area contributed by atoms with Crippen molar-refractivity contribution in [3.8, 4) is 0 Å². The summed E-state index contributed by atoms with van der Waals surface area (Å²) in [5.74, 6) is 0.666. The van der Waals surface area contributed by atoms with E-state index in [-0.39, 0.29) is 0 Å². The standard InChI is InChI=1S/C14H23NO/c1-3-16-10-9-14(12-15-2)11-13-7-5-4-6-8-13/h4-8,14-15H,3,9-12H2,1-2H3. The van der Waals surface area contributed by atoms with Crippen molar-refractivity contribution >= 4 is 0 Å². The fraction of sp³-hybridized carbons (Fsp3) is 0.571. The first kappa shape index (κ1) is 13.2. The van der Waals surface area contributed by atoms with Gasteiger partial charge in [-0.2, -0.15) is 0 Å². The Morgan fingerprint density at radius 3 is 2.62 bits per heavy atom. The van der Waals surface area contributed by atoms with Crippen molar-refractivity contribution in [2.75, 3.05) is 26.8 Å². The van der Waals surface area contributed by atoms with E-state index in [4.69, 9.17) is 4.74 Å². The van der Waals surface area contributed by atoms with Crippen LogP contribution in [0.2, 0.25) is 0 Å². The average Bonchev–Trinajstić information content (AvgIpc) is 2.31. The minimum Gasteiger partial charge on any atom is -0.382 e. The van der Waals surface area contributed by atoms with E-state index in [1.54, 1.807) is 0 Å². The van der Waals surface area contributed by atoms with Crippen molar-refractivity contribution in [3.63, 3.8) is 0 Å². The summed E-state index contributed by atoms with van der Waals surface area (Å²) in [5, 5.41) is 3.26. The summed E-state index contributed by atoms with van der Waals surface area (Å²) in [6.07, 6.45) is 2.26. The Morgan fingerprint density at radius 1 is 1.25 bits per heavy atom. The average molecular weight is 221 g/mol. The second-order valence-corrected chi connectivity index (χ2v) is 4.10. The van der Waals surface area contributed by atoms with Gasteiger partial charge in [-0.25, -0.2) is 0 Å². The smallest absolute Gasteiger partial charge is 0.0469 e. The molecule has 2 nitrogen and oxygen atoms in total. The molecule has 1 aromatic carbocycles. The largest absolute Gasteiger partial charge is 0.382 e. The second-order valence-electron chi connectivity index (χ2n) is 4.10. The number of hydrogen-bond acceptors (Lipinski definition) is 2. The van der Waals surface area contributed by atoms with Gasteiger partial charge in [-0.3, -0.25) is 0 Å². The summed E-state index contributed by atoms with van der Waals surface area (Å²) in [7, 11) is 2.01. The van der Waals surface area contributed by atoms with Crippen LogP contribution in [0, 0.1) is 5.92 Å². The Balaban J connectivity index is 2.38. The molecule has 0 bridgehead atoms. The first-order valence-electron chi connectivity index (χ1n) is 6.13. The molecule has 0 fully saturated rings. The van der Waals surface area contributed by atoms with Crippen LogP contribution in [-0.4, -0.2) is 26.8 Å². The van der Waals surface area contributed by atoms with Crippen molar-refractivity contribution in [1.29, 1.82) is 0 Å². The van der Waals surface area contributed by atoms with E-state index in [9.17, 15) is 0 Å². The third-order valence-electron chi connectivity index (χ3n) is 2.73. The highest BCUT2D eigenvalue weighted by atomic mass is 16.5. The van der Waals surface area contributed by atoms with E-state index in [1.165, 1.54) is 5.56 Å². The lowest BCUT2D eigenvalue weighted by Gasteiger charge is -2.16. The Labute approximate surface area is 99.0 Å². The van der Waals surface area contributed by atoms with Gasteiger partial charge >= 0.3 is 0 Å². The minimum absolute atomic E-state index is 0.666. The van der Waals surface area contributed by atoms with Crippen LogP contribution >= 0.6 is 0 Å². The minimum atomic E-state index is 0.666. The fourth-order valence-electron chi connectivity index (χ4n) is 1.91. The number of ether oxygens (including phenoxy) is 1. The van der Waals surface area contributed by atoms with Crippen molar-refractivity contribution in [2.24, 2.45) is 5.92 Å². The predicted molar refractivity (Wildman–Crippen MR) is 68.7 cm³/mol. The van der Waals surface area contributed by atoms with E-state index < -0.39 is 0 Å². The fourth-order valence-corrected chi connectivity index (χ4v) is 1.91. The molecule has 0 heterocycles. The first-order valence-corrected chi connectivity index (χ1v) is 6.13. The van der Waals surface area contributed by atoms with Crippen LogP contribution in [0.4, 0.5) is 0 Å². The maximum Gasteiger partial charge on any atom is 0.0469 e. The lowest BCUT2D eigenvalue weighted by molar-refractivity contribution is 0.132. The molecule has 0 spiro atoms. The lowest BCUT2D eigenvalue weighted by Crippen LogP contribution is -2.22. The second kappa shape index (κ2) is 8.31. The number of benzene rings is 1. The van der Waals surface area contributed by atoms with Gasteiger partial charge in [0.2, 0.25) is 0 Å². The zero-order valence-electron chi connectivity index (χ0n) is 10.4. The molecular formula is C14H23NO. The number of rotatable bonds is 8. The monoisotopic (exact) mass is 221 g/mol. The number of nitrogens with one attached hydrogen (secondary N) is 1. The predicted octanol–water partition coefficient (Wildman–Crippen LogP) is 2.49. The normalized spacial score (nSPS) is 12.6. The van der Waals surface area contributed by atoms with Gasteiger partial charge in [-0.1, -0.05) is 30.3 Å². The molecule has 1 N–H and O–H groups in total. The number of hydrogen-bond donors (Lipinski definition) is 1. The molecule has 1 rings (SSSR count). The van der Waals surface area contributed by atoms with Gasteiger partial charge in [0.15, 0.2) is 0 Å². The SMILES string of the molecule is CCOCCC(CNC)Cc1ccccc1. The maximum absolute atomic E-state index is 5.42. The van der Waals surface area contributed by atoms with Crippen LogP contribution in [0.1, 0.15) is 18.9 Å². The summed E-state index contributed by atoms with van der Waals surface area (Å²) in [5.41, 5.74) is 1.42. The van der Waals surface area contributed by atoms with Gasteiger partial charge < -0.3 is 10.1 Å². The summed E-state index contributed by atoms with van der Waals surface area (Å²) in [4.78, 5) is 0. The molecule has 16 heavy (non-hydrogen) atoms. The quantitative estimate of drug-likeness (QED) is 0.681. The zero-order chi connectivity index (χ0) is 11.6. The van der Waals surface area contributed by atoms with Crippen molar-refractivity contribution in [2.45, 2.75) is 19.8 Å². The third kappa shape index (κ3) is 5.29. The highest BCUT2D eigenvalue weighted by Gasteiger charge is 2.08. The van der Waals surface area contributed by atoms with Crippen LogP contribution < -0.4 is 5.32 Å². The van der Waals surface area contributed by atoms with Crippen LogP contribution in [0.3, 0.4) is 0 Å². The van der Waals surface area contributed by atoms with Crippen LogP contribution in [0.15, 0.2) is 30.3 Å². The first-order chi connectivity index (χ1) is 7.86. The molecule has 1 atom stereocenters. The summed E-state index contributed by atoms with van der Waals surface area (Å²) in [6, 6.07) is 10.7. The van der Waals surface area contributed by atoms with Gasteiger partial charge in [-0.15, -0.1) is 0 Å². The molecule has 1 aromatic rings. The van der Waals surface area contributed by atoms with Gasteiger partial charge in [0.05, 0.1) is 0 Å². The summed E-state index contributed by atoms with van der Waals surface area (Å²) < 4.78 is 5.42. The van der Waals surface area contributed by atoms with Crippen LogP contribution in [-0.2, 0) is 11.2 Å². The van der Waals surface area contributed by atoms with Crippen LogP contribution in [0.5, 0.6) is 0 Å². The maximum atomic E-state index is 5.42. The summed E-state index contributed by atoms with van der Waals surface area (Å²) in [6.45, 7) is 4.79. The van der Waals surface area contributed by atoms with E-state index in [2.05, 4.69) is 35.6 Å². The molecule has 1 unspecified atom stereocenters. The molecule has 2 heteroatoms. The Bertz CT molecular complexity index is 261. The Morgan fingerprint density at radius 2 is 2.00 bits per heavy atom. The lowest BCUT2D eigenvalue weighted by atomic mass is 9.96. The van der Waals surface area contributed by atoms with Crippen molar-refractivity contribution in [3.05, 3.63) is 35.9 Å². The molecule has 0 amide bonds. The molecule has 0 radical (unpaired) electrons. The van der Waals surface area contributed by atoms with Crippen LogP contribution in [0.25, 0.3) is 0 Å². The Hall–Kier alpha value is -0.860. The summed E-state index contributed by atoms with van der Waals surface area (Å²) >= 11 is 0. The van der Waals surface area contributed by atoms with Crippen molar-refractivity contribution < 1.29 is 4.74 Å². The molecule has 0 aliphatic carbocycles. The molecule has 0 saturated heterocycles. The van der Waals surface area contributed by atoms with E-state index in [0.717, 1.165) is 32.6 Å². The highest BCUT2D eigenvalue weighted by molar-refractivity contribution is 5.15. The van der Waals surface area contributed by atoms with Gasteiger partial charge in [0.1, 0.15) is 0 Å². The van der Waals surface area contributed by atoms with Gasteiger partial charge in [0.25, 0.3) is 0 Å². The molecule has 0 aromatic heterocycles. The molecule has 0 aliphatic rings. The van der Waals surface area contributed by atoms with E-state index in [1.807, 2.05) is 14.0 Å². The molecular weight excluding hydrogens is 198 g/mol. The van der Waals surface area contributed by atoms with Crippen molar-refractivity contribution in [1.82, 2.24) is 5.32 Å². The molecule has 0 saturated carbocycles. The Kier molecular flexibility index (Phi) is 6.86. The van der Waals surface area contributed by atoms with Gasteiger partial charge in [-0.05, 0) is 44.8 Å². The molecule has 90 valence electrons. The topological polar surface area (TPSA) is 21.3 Å². The highest BCUT2D eigenvalue weighted by Crippen LogP contribution is 2.11. The van der Waals surface area contributed by atoms with E-state index in [0.29, 0.717) is 5.92 Å². The third-order valence-corrected chi connectivity index (χ3v) is 2.73. The zero-order valence-corrected chi connectivity index (χ0v) is 10.4. The van der Waals surface area contributed by atoms with E-state index >= 15 is 0 Å².